The molecule has 3 heterocycles. The summed E-state index contributed by atoms with van der Waals surface area (Å²) < 4.78 is 0. The maximum absolute atomic E-state index is 13.6. The topological polar surface area (TPSA) is 62.3 Å². The van der Waals surface area contributed by atoms with Crippen molar-refractivity contribution in [2.24, 2.45) is 0 Å². The molecule has 1 N–H and O–H groups in total. The van der Waals surface area contributed by atoms with E-state index in [1.165, 1.54) is 0 Å². The van der Waals surface area contributed by atoms with E-state index in [4.69, 9.17) is 0 Å². The predicted molar refractivity (Wildman–Crippen MR) is 111 cm³/mol. The smallest absolute Gasteiger partial charge is 0.256 e. The molecule has 2 aliphatic heterocycles. The molecule has 1 fully saturated rings. The van der Waals surface area contributed by atoms with Crippen molar-refractivity contribution in [3.63, 3.8) is 0 Å². The second-order valence-electron chi connectivity index (χ2n) is 7.67. The minimum absolute atomic E-state index is 0.0363. The maximum Gasteiger partial charge on any atom is 0.256 e. The molecule has 2 amide bonds. The molecule has 1 saturated heterocycles. The number of rotatable bonds is 2. The Balaban J connectivity index is 1.68. The number of carbonyl (C=O) groups is 2. The molecule has 2 aromatic carbocycles. The predicted octanol–water partition coefficient (Wildman–Crippen LogP) is 3.87. The highest BCUT2D eigenvalue weighted by Crippen LogP contribution is 2.54. The lowest BCUT2D eigenvalue weighted by Gasteiger charge is -2.34. The number of anilines is 1. The Morgan fingerprint density at radius 1 is 1.07 bits per heavy atom. The van der Waals surface area contributed by atoms with Crippen molar-refractivity contribution in [3.8, 4) is 0 Å². The molecule has 3 aromatic rings. The van der Waals surface area contributed by atoms with Gasteiger partial charge in [-0.3, -0.25) is 14.6 Å². The zero-order valence-corrected chi connectivity index (χ0v) is 16.1. The number of amides is 2. The number of carbonyl (C=O) groups excluding carboxylic acids is 2. The first-order valence-corrected chi connectivity index (χ1v) is 9.81. The van der Waals surface area contributed by atoms with E-state index < -0.39 is 5.41 Å². The summed E-state index contributed by atoms with van der Waals surface area (Å²) in [7, 11) is 0. The Bertz CT molecular complexity index is 1110. The van der Waals surface area contributed by atoms with Crippen LogP contribution in [0.2, 0.25) is 0 Å². The highest BCUT2D eigenvalue weighted by atomic mass is 16.2. The lowest BCUT2D eigenvalue weighted by molar-refractivity contribution is -0.121. The Hall–Kier alpha value is -3.47. The molecule has 0 saturated carbocycles. The Labute approximate surface area is 169 Å². The zero-order chi connectivity index (χ0) is 20.0. The molecule has 0 aliphatic carbocycles. The minimum atomic E-state index is -0.788. The summed E-state index contributed by atoms with van der Waals surface area (Å²) in [6.07, 6.45) is 2.27. The van der Waals surface area contributed by atoms with Crippen molar-refractivity contribution in [1.82, 2.24) is 9.88 Å². The second kappa shape index (κ2) is 6.55. The number of nitrogens with zero attached hydrogens (tertiary/aromatic N) is 2. The van der Waals surface area contributed by atoms with Crippen LogP contribution in [0.4, 0.5) is 5.69 Å². The Morgan fingerprint density at radius 2 is 1.83 bits per heavy atom. The van der Waals surface area contributed by atoms with E-state index in [0.29, 0.717) is 24.2 Å². The van der Waals surface area contributed by atoms with E-state index >= 15 is 0 Å². The van der Waals surface area contributed by atoms with E-state index in [1.54, 1.807) is 18.3 Å². The number of pyridine rings is 1. The summed E-state index contributed by atoms with van der Waals surface area (Å²) in [6, 6.07) is 20.9. The van der Waals surface area contributed by atoms with Gasteiger partial charge in [-0.25, -0.2) is 0 Å². The first-order chi connectivity index (χ1) is 14.1. The molecule has 0 radical (unpaired) electrons. The molecule has 29 heavy (non-hydrogen) atoms. The zero-order valence-electron chi connectivity index (χ0n) is 16.1. The van der Waals surface area contributed by atoms with Crippen LogP contribution in [-0.4, -0.2) is 28.2 Å². The van der Waals surface area contributed by atoms with Gasteiger partial charge in [0.1, 0.15) is 5.41 Å². The van der Waals surface area contributed by atoms with Crippen molar-refractivity contribution in [1.29, 1.82) is 0 Å². The van der Waals surface area contributed by atoms with Gasteiger partial charge in [0.25, 0.3) is 5.91 Å². The molecular formula is C24H21N3O2. The average molecular weight is 383 g/mol. The SMILES string of the molecule is Cc1ncccc1C(=O)N1CC[C@]2(C(=O)Nc3ccccc32)[C@@H]1c1ccccc1. The standard InChI is InChI=1S/C24H21N3O2/c1-16-18(10-7-14-25-16)22(28)27-15-13-24(21(27)17-8-3-2-4-9-17)19-11-5-6-12-20(19)26-23(24)29/h2-12,14,21H,13,15H2,1H3,(H,26,29)/t21-,24+/m0/s1. The van der Waals surface area contributed by atoms with Crippen molar-refractivity contribution in [2.45, 2.75) is 24.8 Å². The number of aromatic nitrogens is 1. The Kier molecular flexibility index (Phi) is 3.98. The number of fused-ring (bicyclic) bond motifs is 2. The summed E-state index contributed by atoms with van der Waals surface area (Å²) >= 11 is 0. The van der Waals surface area contributed by atoms with E-state index in [0.717, 1.165) is 16.8 Å². The average Bonchev–Trinajstić information content (AvgIpc) is 3.28. The molecule has 1 spiro atoms. The van der Waals surface area contributed by atoms with Crippen molar-refractivity contribution in [2.75, 3.05) is 11.9 Å². The van der Waals surface area contributed by atoms with Crippen LogP contribution in [0.3, 0.4) is 0 Å². The normalized spacial score (nSPS) is 22.6. The molecule has 5 heteroatoms. The highest BCUT2D eigenvalue weighted by molar-refractivity contribution is 6.08. The number of para-hydroxylation sites is 1. The minimum Gasteiger partial charge on any atom is -0.330 e. The van der Waals surface area contributed by atoms with E-state index in [-0.39, 0.29) is 17.9 Å². The molecule has 1 aromatic heterocycles. The van der Waals surface area contributed by atoms with Gasteiger partial charge in [0.2, 0.25) is 5.91 Å². The molecule has 144 valence electrons. The maximum atomic E-state index is 13.6. The van der Waals surface area contributed by atoms with Gasteiger partial charge in [-0.1, -0.05) is 48.5 Å². The molecule has 5 nitrogen and oxygen atoms in total. The number of aryl methyl sites for hydroxylation is 1. The van der Waals surface area contributed by atoms with Crippen LogP contribution in [-0.2, 0) is 10.2 Å². The van der Waals surface area contributed by atoms with Crippen LogP contribution in [0.5, 0.6) is 0 Å². The molecule has 2 atom stereocenters. The molecule has 2 aliphatic rings. The van der Waals surface area contributed by atoms with Gasteiger partial charge in [-0.15, -0.1) is 0 Å². The van der Waals surface area contributed by atoms with Crippen LogP contribution >= 0.6 is 0 Å². The summed E-state index contributed by atoms with van der Waals surface area (Å²) in [4.78, 5) is 33.0. The fourth-order valence-electron chi connectivity index (χ4n) is 4.87. The third-order valence-electron chi connectivity index (χ3n) is 6.20. The first-order valence-electron chi connectivity index (χ1n) is 9.81. The van der Waals surface area contributed by atoms with Crippen LogP contribution in [0.15, 0.2) is 72.9 Å². The number of hydrogen-bond donors (Lipinski definition) is 1. The quantitative estimate of drug-likeness (QED) is 0.731. The van der Waals surface area contributed by atoms with Crippen LogP contribution in [0.25, 0.3) is 0 Å². The van der Waals surface area contributed by atoms with E-state index in [2.05, 4.69) is 10.3 Å². The summed E-state index contributed by atoms with van der Waals surface area (Å²) in [5, 5.41) is 3.05. The number of benzene rings is 2. The first kappa shape index (κ1) is 17.6. The summed E-state index contributed by atoms with van der Waals surface area (Å²) in [5.74, 6) is -0.121. The number of likely N-dealkylation sites (tertiary alicyclic amines) is 1. The van der Waals surface area contributed by atoms with E-state index in [9.17, 15) is 9.59 Å². The van der Waals surface area contributed by atoms with Gasteiger partial charge in [0.15, 0.2) is 0 Å². The van der Waals surface area contributed by atoms with Crippen LogP contribution in [0, 0.1) is 6.92 Å². The summed E-state index contributed by atoms with van der Waals surface area (Å²) in [5.41, 5.74) is 3.26. The molecule has 5 rings (SSSR count). The van der Waals surface area contributed by atoms with Crippen molar-refractivity contribution < 1.29 is 9.59 Å². The lowest BCUT2D eigenvalue weighted by atomic mass is 9.72. The largest absolute Gasteiger partial charge is 0.330 e. The van der Waals surface area contributed by atoms with Gasteiger partial charge < -0.3 is 10.2 Å². The third-order valence-corrected chi connectivity index (χ3v) is 6.20. The van der Waals surface area contributed by atoms with Crippen molar-refractivity contribution >= 4 is 17.5 Å². The van der Waals surface area contributed by atoms with Crippen LogP contribution in [0.1, 0.15) is 39.6 Å². The number of nitrogens with one attached hydrogen (secondary N) is 1. The van der Waals surface area contributed by atoms with Gasteiger partial charge in [-0.2, -0.15) is 0 Å². The third kappa shape index (κ3) is 2.50. The number of hydrogen-bond acceptors (Lipinski definition) is 3. The second-order valence-corrected chi connectivity index (χ2v) is 7.67. The van der Waals surface area contributed by atoms with Crippen molar-refractivity contribution in [3.05, 3.63) is 95.3 Å². The Morgan fingerprint density at radius 3 is 2.62 bits per heavy atom. The van der Waals surface area contributed by atoms with Gasteiger partial charge in [-0.05, 0) is 42.7 Å². The fourth-order valence-corrected chi connectivity index (χ4v) is 4.87. The van der Waals surface area contributed by atoms with Gasteiger partial charge in [0.05, 0.1) is 11.6 Å². The van der Waals surface area contributed by atoms with E-state index in [1.807, 2.05) is 66.4 Å². The molecule has 0 bridgehead atoms. The summed E-state index contributed by atoms with van der Waals surface area (Å²) in [6.45, 7) is 2.35. The highest BCUT2D eigenvalue weighted by Gasteiger charge is 2.59. The molecular weight excluding hydrogens is 362 g/mol. The molecule has 0 unspecified atom stereocenters. The lowest BCUT2D eigenvalue weighted by Crippen LogP contribution is -2.42. The van der Waals surface area contributed by atoms with Crippen LogP contribution < -0.4 is 5.32 Å². The van der Waals surface area contributed by atoms with Gasteiger partial charge >= 0.3 is 0 Å². The fraction of sp³-hybridized carbons (Fsp3) is 0.208. The van der Waals surface area contributed by atoms with Gasteiger partial charge in [0, 0.05) is 24.1 Å². The monoisotopic (exact) mass is 383 g/mol.